The number of benzene rings is 1. The lowest BCUT2D eigenvalue weighted by molar-refractivity contribution is -0.137. The monoisotopic (exact) mass is 569 g/mol. The summed E-state index contributed by atoms with van der Waals surface area (Å²) in [5.74, 6) is -1.00. The van der Waals surface area contributed by atoms with Gasteiger partial charge in [-0.3, -0.25) is 14.5 Å². The van der Waals surface area contributed by atoms with E-state index < -0.39 is 29.4 Å². The average Bonchev–Trinajstić information content (AvgIpc) is 3.61. The molecular weight excluding hydrogens is 542 g/mol. The molecule has 0 radical (unpaired) electrons. The first-order valence-corrected chi connectivity index (χ1v) is 13.2. The number of halogens is 4. The highest BCUT2D eigenvalue weighted by Gasteiger charge is 2.48. The molecule has 2 fully saturated rings. The predicted molar refractivity (Wildman–Crippen MR) is 141 cm³/mol. The molecule has 3 aromatic heterocycles. The van der Waals surface area contributed by atoms with E-state index in [4.69, 9.17) is 0 Å². The van der Waals surface area contributed by atoms with Gasteiger partial charge in [0.15, 0.2) is 6.35 Å². The van der Waals surface area contributed by atoms with Crippen molar-refractivity contribution in [2.24, 2.45) is 0 Å². The summed E-state index contributed by atoms with van der Waals surface area (Å²) in [6.45, 7) is 2.16. The van der Waals surface area contributed by atoms with E-state index in [0.717, 1.165) is 34.4 Å². The van der Waals surface area contributed by atoms with Crippen LogP contribution in [0.15, 0.2) is 49.2 Å². The second-order valence-corrected chi connectivity index (χ2v) is 10.6. The Kier molecular flexibility index (Phi) is 6.88. The molecule has 0 amide bonds. The third kappa shape index (κ3) is 5.12. The van der Waals surface area contributed by atoms with Crippen molar-refractivity contribution in [3.63, 3.8) is 0 Å². The molecule has 5 heterocycles. The number of aromatic amines is 1. The maximum atomic E-state index is 13.4. The number of aromatic nitrogens is 5. The second-order valence-electron chi connectivity index (χ2n) is 10.6. The molecule has 1 aromatic carbocycles. The fraction of sp³-hybridized carbons (Fsp3) is 0.407. The number of alkyl halides is 3. The van der Waals surface area contributed by atoms with E-state index in [0.29, 0.717) is 45.1 Å². The average molecular weight is 570 g/mol. The van der Waals surface area contributed by atoms with Crippen molar-refractivity contribution < 1.29 is 22.7 Å². The van der Waals surface area contributed by atoms with Gasteiger partial charge in [0, 0.05) is 61.3 Å². The van der Waals surface area contributed by atoms with Crippen LogP contribution in [-0.2, 0) is 11.7 Å². The number of nitrogens with zero attached hydrogens (tertiary/aromatic N) is 7. The third-order valence-electron chi connectivity index (χ3n) is 8.03. The number of rotatable bonds is 7. The number of aliphatic hydroxyl groups is 1. The minimum Gasteiger partial charge on any atom is -0.361 e. The van der Waals surface area contributed by atoms with Crippen molar-refractivity contribution >= 4 is 16.7 Å². The molecule has 4 aromatic rings. The molecule has 0 spiro atoms. The van der Waals surface area contributed by atoms with Gasteiger partial charge >= 0.3 is 6.18 Å². The smallest absolute Gasteiger partial charge is 0.361 e. The van der Waals surface area contributed by atoms with Gasteiger partial charge in [-0.05, 0) is 37.1 Å². The van der Waals surface area contributed by atoms with Crippen molar-refractivity contribution in [2.75, 3.05) is 31.5 Å². The van der Waals surface area contributed by atoms with Gasteiger partial charge in [-0.1, -0.05) is 0 Å². The molecule has 6 rings (SSSR count). The van der Waals surface area contributed by atoms with E-state index in [1.807, 2.05) is 16.9 Å². The number of H-pyrrole nitrogens is 1. The minimum absolute atomic E-state index is 0.193. The second kappa shape index (κ2) is 10.4. The summed E-state index contributed by atoms with van der Waals surface area (Å²) in [7, 11) is 0. The Hall–Kier alpha value is -4.06. The molecular formula is C27H27F4N9O. The standard InChI is InChI=1S/C27H27F4N9O/c28-18-1-2-22(21(11-18)27(29,30)31)37-25(41)38-9-4-19(5-10-38)39-14-26(15-39,6-7-32)40-13-17(12-36-40)23-20-3-8-33-24(20)35-16-34-23/h1-3,8,11-13,16,19,25,37,41H,4-6,9-10,14-15H2,(H,33,34,35). The summed E-state index contributed by atoms with van der Waals surface area (Å²) in [6, 6.07) is 6.72. The van der Waals surface area contributed by atoms with Crippen LogP contribution in [0.1, 0.15) is 24.8 Å². The van der Waals surface area contributed by atoms with E-state index in [2.05, 4.69) is 36.3 Å². The molecule has 14 heteroatoms. The first-order chi connectivity index (χ1) is 19.7. The Morgan fingerprint density at radius 3 is 2.71 bits per heavy atom. The van der Waals surface area contributed by atoms with Crippen molar-refractivity contribution in [1.82, 2.24) is 34.5 Å². The summed E-state index contributed by atoms with van der Waals surface area (Å²) in [6.07, 6.45) is 2.51. The fourth-order valence-electron chi connectivity index (χ4n) is 5.86. The summed E-state index contributed by atoms with van der Waals surface area (Å²) in [5.41, 5.74) is 0.293. The van der Waals surface area contributed by atoms with Gasteiger partial charge in [0.1, 0.15) is 23.3 Å². The molecule has 0 aliphatic carbocycles. The largest absolute Gasteiger partial charge is 0.418 e. The lowest BCUT2D eigenvalue weighted by atomic mass is 9.84. The number of likely N-dealkylation sites (tertiary alicyclic amines) is 2. The Labute approximate surface area is 232 Å². The maximum absolute atomic E-state index is 13.4. The van der Waals surface area contributed by atoms with Crippen LogP contribution in [0.5, 0.6) is 0 Å². The Balaban J connectivity index is 1.08. The molecule has 10 nitrogen and oxygen atoms in total. The summed E-state index contributed by atoms with van der Waals surface area (Å²) >= 11 is 0. The van der Waals surface area contributed by atoms with Crippen molar-refractivity contribution in [1.29, 1.82) is 5.26 Å². The Bertz CT molecular complexity index is 1580. The Morgan fingerprint density at radius 2 is 1.98 bits per heavy atom. The lowest BCUT2D eigenvalue weighted by Crippen LogP contribution is -2.66. The quantitative estimate of drug-likeness (QED) is 0.227. The number of piperidine rings is 1. The molecule has 2 aliphatic heterocycles. The van der Waals surface area contributed by atoms with Crippen LogP contribution in [0, 0.1) is 17.1 Å². The number of hydrogen-bond donors (Lipinski definition) is 3. The van der Waals surface area contributed by atoms with Crippen LogP contribution in [0.2, 0.25) is 0 Å². The lowest BCUT2D eigenvalue weighted by Gasteiger charge is -2.54. The molecule has 1 unspecified atom stereocenters. The highest BCUT2D eigenvalue weighted by atomic mass is 19.4. The highest BCUT2D eigenvalue weighted by molar-refractivity contribution is 5.90. The zero-order valence-corrected chi connectivity index (χ0v) is 21.8. The molecule has 1 atom stereocenters. The zero-order chi connectivity index (χ0) is 28.8. The van der Waals surface area contributed by atoms with Crippen molar-refractivity contribution in [3.8, 4) is 17.3 Å². The van der Waals surface area contributed by atoms with E-state index in [1.165, 1.54) is 6.33 Å². The molecule has 0 bridgehead atoms. The van der Waals surface area contributed by atoms with Gasteiger partial charge in [0.2, 0.25) is 0 Å². The number of nitriles is 1. The van der Waals surface area contributed by atoms with Gasteiger partial charge in [0.25, 0.3) is 0 Å². The zero-order valence-electron chi connectivity index (χ0n) is 21.8. The summed E-state index contributed by atoms with van der Waals surface area (Å²) in [4.78, 5) is 15.7. The van der Waals surface area contributed by atoms with Gasteiger partial charge in [0.05, 0.1) is 29.9 Å². The first kappa shape index (κ1) is 27.1. The van der Waals surface area contributed by atoms with Crippen molar-refractivity contribution in [2.45, 2.75) is 43.4 Å². The van der Waals surface area contributed by atoms with Crippen LogP contribution in [0.25, 0.3) is 22.3 Å². The van der Waals surface area contributed by atoms with E-state index in [9.17, 15) is 27.9 Å². The van der Waals surface area contributed by atoms with Gasteiger partial charge in [-0.15, -0.1) is 0 Å². The Morgan fingerprint density at radius 1 is 1.20 bits per heavy atom. The number of fused-ring (bicyclic) bond motifs is 1. The van der Waals surface area contributed by atoms with Crippen LogP contribution >= 0.6 is 0 Å². The number of anilines is 1. The predicted octanol–water partition coefficient (Wildman–Crippen LogP) is 3.76. The minimum atomic E-state index is -4.76. The van der Waals surface area contributed by atoms with Crippen LogP contribution < -0.4 is 5.32 Å². The number of hydrogen-bond acceptors (Lipinski definition) is 8. The van der Waals surface area contributed by atoms with E-state index >= 15 is 0 Å². The van der Waals surface area contributed by atoms with E-state index in [-0.39, 0.29) is 18.2 Å². The summed E-state index contributed by atoms with van der Waals surface area (Å²) in [5, 5.41) is 28.2. The van der Waals surface area contributed by atoms with E-state index in [1.54, 1.807) is 17.3 Å². The number of aliphatic hydroxyl groups excluding tert-OH is 1. The maximum Gasteiger partial charge on any atom is 0.418 e. The van der Waals surface area contributed by atoms with Gasteiger partial charge < -0.3 is 15.4 Å². The molecule has 41 heavy (non-hydrogen) atoms. The molecule has 2 aliphatic rings. The number of nitrogens with one attached hydrogen (secondary N) is 2. The highest BCUT2D eigenvalue weighted by Crippen LogP contribution is 2.38. The summed E-state index contributed by atoms with van der Waals surface area (Å²) < 4.78 is 55.3. The van der Waals surface area contributed by atoms with Crippen LogP contribution in [0.3, 0.4) is 0 Å². The van der Waals surface area contributed by atoms with Crippen LogP contribution in [-0.4, -0.2) is 78.2 Å². The van der Waals surface area contributed by atoms with Gasteiger partial charge in [-0.2, -0.15) is 23.5 Å². The molecule has 214 valence electrons. The third-order valence-corrected chi connectivity index (χ3v) is 8.03. The van der Waals surface area contributed by atoms with Crippen LogP contribution in [0.4, 0.5) is 23.2 Å². The topological polar surface area (TPSA) is 122 Å². The van der Waals surface area contributed by atoms with Crippen molar-refractivity contribution in [3.05, 3.63) is 60.6 Å². The SMILES string of the molecule is N#CCC1(n2cc(-c3ncnc4[nH]ccc34)cn2)CN(C2CCN(C(O)Nc3ccc(F)cc3C(F)(F)F)CC2)C1. The molecule has 2 saturated heterocycles. The first-order valence-electron chi connectivity index (χ1n) is 13.2. The fourth-order valence-corrected chi connectivity index (χ4v) is 5.86. The molecule has 3 N–H and O–H groups in total. The normalized spacial score (nSPS) is 19.1. The molecule has 0 saturated carbocycles. The van der Waals surface area contributed by atoms with Gasteiger partial charge in [-0.25, -0.2) is 14.4 Å².